The predicted octanol–water partition coefficient (Wildman–Crippen LogP) is 1.48. The molecular weight excluding hydrogens is 178 g/mol. The summed E-state index contributed by atoms with van der Waals surface area (Å²) < 4.78 is 4.98. The Morgan fingerprint density at radius 3 is 2.86 bits per heavy atom. The molecule has 80 valence electrons. The van der Waals surface area contributed by atoms with E-state index in [2.05, 4.69) is 6.58 Å². The molecule has 3 nitrogen and oxygen atoms in total. The molecule has 0 saturated heterocycles. The summed E-state index contributed by atoms with van der Waals surface area (Å²) in [6.07, 6.45) is 4.46. The molecule has 0 aromatic rings. The minimum Gasteiger partial charge on any atom is -0.466 e. The van der Waals surface area contributed by atoms with Crippen LogP contribution in [0.25, 0.3) is 0 Å². The van der Waals surface area contributed by atoms with Gasteiger partial charge in [-0.05, 0) is 32.1 Å². The number of hydrogen-bond donors (Lipinski definition) is 1. The summed E-state index contributed by atoms with van der Waals surface area (Å²) in [7, 11) is 0. The number of esters is 1. The van der Waals surface area contributed by atoms with Gasteiger partial charge in [-0.2, -0.15) is 0 Å². The first kappa shape index (κ1) is 11.2. The Labute approximate surface area is 85.3 Å². The van der Waals surface area contributed by atoms with Crippen molar-refractivity contribution in [3.05, 3.63) is 12.7 Å². The van der Waals surface area contributed by atoms with Crippen LogP contribution in [0, 0.1) is 11.8 Å². The van der Waals surface area contributed by atoms with Crippen LogP contribution < -0.4 is 5.73 Å². The fourth-order valence-corrected chi connectivity index (χ4v) is 2.00. The summed E-state index contributed by atoms with van der Waals surface area (Å²) in [5, 5.41) is 0. The summed E-state index contributed by atoms with van der Waals surface area (Å²) in [6, 6.07) is 0.0654. The monoisotopic (exact) mass is 197 g/mol. The zero-order valence-electron chi connectivity index (χ0n) is 8.74. The second kappa shape index (κ2) is 5.15. The van der Waals surface area contributed by atoms with Crippen molar-refractivity contribution in [3.8, 4) is 0 Å². The van der Waals surface area contributed by atoms with Crippen LogP contribution >= 0.6 is 0 Å². The summed E-state index contributed by atoms with van der Waals surface area (Å²) in [5.74, 6) is 0.271. The molecule has 3 unspecified atom stereocenters. The van der Waals surface area contributed by atoms with Gasteiger partial charge in [-0.15, -0.1) is 6.58 Å². The number of rotatable bonds is 3. The molecular formula is C11H19NO2. The van der Waals surface area contributed by atoms with Gasteiger partial charge in [-0.25, -0.2) is 0 Å². The summed E-state index contributed by atoms with van der Waals surface area (Å²) in [6.45, 7) is 6.03. The molecule has 1 aliphatic carbocycles. The van der Waals surface area contributed by atoms with Crippen molar-refractivity contribution in [1.29, 1.82) is 0 Å². The van der Waals surface area contributed by atoms with E-state index in [1.54, 1.807) is 0 Å². The van der Waals surface area contributed by atoms with Crippen molar-refractivity contribution in [2.75, 3.05) is 6.61 Å². The van der Waals surface area contributed by atoms with Crippen LogP contribution in [0.5, 0.6) is 0 Å². The summed E-state index contributed by atoms with van der Waals surface area (Å²) in [5.41, 5.74) is 5.93. The Morgan fingerprint density at radius 2 is 2.36 bits per heavy atom. The Morgan fingerprint density at radius 1 is 1.64 bits per heavy atom. The largest absolute Gasteiger partial charge is 0.466 e. The van der Waals surface area contributed by atoms with Gasteiger partial charge in [0.25, 0.3) is 0 Å². The van der Waals surface area contributed by atoms with E-state index in [-0.39, 0.29) is 17.9 Å². The first-order chi connectivity index (χ1) is 6.69. The van der Waals surface area contributed by atoms with Gasteiger partial charge in [0.05, 0.1) is 12.5 Å². The van der Waals surface area contributed by atoms with E-state index in [1.165, 1.54) is 0 Å². The van der Waals surface area contributed by atoms with Crippen molar-refractivity contribution in [3.63, 3.8) is 0 Å². The second-order valence-electron chi connectivity index (χ2n) is 3.83. The van der Waals surface area contributed by atoms with Crippen LogP contribution in [-0.2, 0) is 9.53 Å². The highest BCUT2D eigenvalue weighted by Gasteiger charge is 2.30. The normalized spacial score (nSPS) is 32.3. The zero-order chi connectivity index (χ0) is 10.6. The fraction of sp³-hybridized carbons (Fsp3) is 0.727. The highest BCUT2D eigenvalue weighted by molar-refractivity contribution is 5.72. The fourth-order valence-electron chi connectivity index (χ4n) is 2.00. The maximum absolute atomic E-state index is 11.4. The van der Waals surface area contributed by atoms with Crippen molar-refractivity contribution in [1.82, 2.24) is 0 Å². The van der Waals surface area contributed by atoms with E-state index in [4.69, 9.17) is 10.5 Å². The number of ether oxygens (including phenoxy) is 1. The van der Waals surface area contributed by atoms with Crippen LogP contribution in [0.15, 0.2) is 12.7 Å². The Balaban J connectivity index is 2.45. The van der Waals surface area contributed by atoms with Crippen molar-refractivity contribution in [2.45, 2.75) is 32.2 Å². The van der Waals surface area contributed by atoms with Crippen LogP contribution in [0.2, 0.25) is 0 Å². The molecule has 2 N–H and O–H groups in total. The Hall–Kier alpha value is -0.830. The van der Waals surface area contributed by atoms with Gasteiger partial charge in [0.15, 0.2) is 0 Å². The molecule has 3 heteroatoms. The SMILES string of the molecule is C=CC1CCC(C(=O)OCC)CC1N. The summed E-state index contributed by atoms with van der Waals surface area (Å²) >= 11 is 0. The first-order valence-corrected chi connectivity index (χ1v) is 5.23. The maximum Gasteiger partial charge on any atom is 0.308 e. The quantitative estimate of drug-likeness (QED) is 0.550. The lowest BCUT2D eigenvalue weighted by atomic mass is 9.79. The van der Waals surface area contributed by atoms with Crippen LogP contribution in [-0.4, -0.2) is 18.6 Å². The Kier molecular flexibility index (Phi) is 4.14. The molecule has 3 atom stereocenters. The molecule has 0 amide bonds. The van der Waals surface area contributed by atoms with Crippen LogP contribution in [0.4, 0.5) is 0 Å². The third kappa shape index (κ3) is 2.58. The molecule has 1 saturated carbocycles. The van der Waals surface area contributed by atoms with Crippen LogP contribution in [0.3, 0.4) is 0 Å². The van der Waals surface area contributed by atoms with E-state index < -0.39 is 0 Å². The second-order valence-corrected chi connectivity index (χ2v) is 3.83. The van der Waals surface area contributed by atoms with Crippen molar-refractivity contribution in [2.24, 2.45) is 17.6 Å². The molecule has 14 heavy (non-hydrogen) atoms. The zero-order valence-corrected chi connectivity index (χ0v) is 8.74. The van der Waals surface area contributed by atoms with Gasteiger partial charge in [0.1, 0.15) is 0 Å². The third-order valence-electron chi connectivity index (χ3n) is 2.88. The minimum atomic E-state index is -0.0922. The summed E-state index contributed by atoms with van der Waals surface area (Å²) in [4.78, 5) is 11.4. The smallest absolute Gasteiger partial charge is 0.308 e. The lowest BCUT2D eigenvalue weighted by Gasteiger charge is -2.30. The van der Waals surface area contributed by atoms with Crippen LogP contribution in [0.1, 0.15) is 26.2 Å². The standard InChI is InChI=1S/C11H19NO2/c1-3-8-5-6-9(7-10(8)12)11(13)14-4-2/h3,8-10H,1,4-7,12H2,2H3. The number of nitrogens with two attached hydrogens (primary N) is 1. The van der Waals surface area contributed by atoms with E-state index >= 15 is 0 Å². The van der Waals surface area contributed by atoms with Gasteiger partial charge < -0.3 is 10.5 Å². The molecule has 0 heterocycles. The van der Waals surface area contributed by atoms with Crippen molar-refractivity contribution >= 4 is 5.97 Å². The molecule has 1 fully saturated rings. The van der Waals surface area contributed by atoms with E-state index in [9.17, 15) is 4.79 Å². The number of hydrogen-bond acceptors (Lipinski definition) is 3. The average Bonchev–Trinajstić information content (AvgIpc) is 2.18. The number of carbonyl (C=O) groups excluding carboxylic acids is 1. The lowest BCUT2D eigenvalue weighted by Crippen LogP contribution is -2.38. The molecule has 1 aliphatic rings. The molecule has 0 radical (unpaired) electrons. The number of carbonyl (C=O) groups is 1. The van der Waals surface area contributed by atoms with Gasteiger partial charge in [-0.1, -0.05) is 6.08 Å². The third-order valence-corrected chi connectivity index (χ3v) is 2.88. The van der Waals surface area contributed by atoms with Gasteiger partial charge in [-0.3, -0.25) is 4.79 Å². The van der Waals surface area contributed by atoms with Gasteiger partial charge in [0, 0.05) is 6.04 Å². The molecule has 0 bridgehead atoms. The molecule has 0 aromatic heterocycles. The average molecular weight is 197 g/mol. The van der Waals surface area contributed by atoms with Crippen molar-refractivity contribution < 1.29 is 9.53 Å². The first-order valence-electron chi connectivity index (χ1n) is 5.23. The lowest BCUT2D eigenvalue weighted by molar-refractivity contribution is -0.149. The molecule has 0 spiro atoms. The maximum atomic E-state index is 11.4. The topological polar surface area (TPSA) is 52.3 Å². The van der Waals surface area contributed by atoms with E-state index in [1.807, 2.05) is 13.0 Å². The van der Waals surface area contributed by atoms with Gasteiger partial charge in [0.2, 0.25) is 0 Å². The van der Waals surface area contributed by atoms with E-state index in [0.717, 1.165) is 19.3 Å². The molecule has 0 aromatic carbocycles. The van der Waals surface area contributed by atoms with E-state index in [0.29, 0.717) is 12.5 Å². The minimum absolute atomic E-state index is 0.00106. The predicted molar refractivity (Wildman–Crippen MR) is 55.6 cm³/mol. The highest BCUT2D eigenvalue weighted by atomic mass is 16.5. The Bertz CT molecular complexity index is 215. The molecule has 0 aliphatic heterocycles. The molecule has 1 rings (SSSR count). The highest BCUT2D eigenvalue weighted by Crippen LogP contribution is 2.29. The van der Waals surface area contributed by atoms with Gasteiger partial charge >= 0.3 is 5.97 Å².